The fourth-order valence-corrected chi connectivity index (χ4v) is 5.48. The Hall–Kier alpha value is -4.21. The molecule has 1 amide bonds. The first-order chi connectivity index (χ1) is 18.5. The van der Waals surface area contributed by atoms with Crippen molar-refractivity contribution in [1.29, 1.82) is 0 Å². The topological polar surface area (TPSA) is 81.9 Å². The van der Waals surface area contributed by atoms with Crippen molar-refractivity contribution in [3.8, 4) is 11.5 Å². The molecule has 38 heavy (non-hydrogen) atoms. The number of nitrogens with zero attached hydrogens (tertiary/aromatic N) is 2. The van der Waals surface area contributed by atoms with E-state index in [9.17, 15) is 14.9 Å². The zero-order valence-corrected chi connectivity index (χ0v) is 22.0. The minimum Gasteiger partial charge on any atom is -0.490 e. The SMILES string of the molecule is CCOc1cc(/C=C2\SC(=S)N(c3cccc4ccccc34)C2=O)ccc1OCc1ccccc1[N+](=O)[O-]. The number of nitro benzene ring substituents is 1. The van der Waals surface area contributed by atoms with Gasteiger partial charge < -0.3 is 9.47 Å². The molecular formula is C29H22N2O5S2. The Balaban J connectivity index is 1.40. The average molecular weight is 543 g/mol. The molecular weight excluding hydrogens is 520 g/mol. The summed E-state index contributed by atoms with van der Waals surface area (Å²) in [4.78, 5) is 26.4. The predicted octanol–water partition coefficient (Wildman–Crippen LogP) is 7.13. The molecule has 5 rings (SSSR count). The fraction of sp³-hybridized carbons (Fsp3) is 0.103. The molecule has 0 bridgehead atoms. The lowest BCUT2D eigenvalue weighted by Crippen LogP contribution is -2.27. The van der Waals surface area contributed by atoms with Gasteiger partial charge in [-0.05, 0) is 48.2 Å². The first kappa shape index (κ1) is 25.4. The van der Waals surface area contributed by atoms with E-state index in [1.165, 1.54) is 17.8 Å². The molecule has 4 aromatic rings. The number of benzene rings is 4. The van der Waals surface area contributed by atoms with Gasteiger partial charge in [0.15, 0.2) is 15.8 Å². The van der Waals surface area contributed by atoms with E-state index in [0.717, 1.165) is 22.0 Å². The van der Waals surface area contributed by atoms with Crippen LogP contribution in [-0.2, 0) is 11.4 Å². The molecule has 1 aliphatic rings. The Morgan fingerprint density at radius 2 is 1.74 bits per heavy atom. The van der Waals surface area contributed by atoms with Gasteiger partial charge in [-0.2, -0.15) is 0 Å². The van der Waals surface area contributed by atoms with Crippen molar-refractivity contribution in [1.82, 2.24) is 0 Å². The molecule has 1 saturated heterocycles. The summed E-state index contributed by atoms with van der Waals surface area (Å²) in [5, 5.41) is 13.3. The number of thiocarbonyl (C=S) groups is 1. The Kier molecular flexibility index (Phi) is 7.39. The van der Waals surface area contributed by atoms with E-state index in [1.807, 2.05) is 55.5 Å². The highest BCUT2D eigenvalue weighted by molar-refractivity contribution is 8.27. The van der Waals surface area contributed by atoms with E-state index in [4.69, 9.17) is 21.7 Å². The number of anilines is 1. The van der Waals surface area contributed by atoms with Crippen LogP contribution in [0.1, 0.15) is 18.1 Å². The first-order valence-corrected chi connectivity index (χ1v) is 13.1. The second-order valence-corrected chi connectivity index (χ2v) is 10.0. The van der Waals surface area contributed by atoms with Crippen LogP contribution in [0, 0.1) is 10.1 Å². The van der Waals surface area contributed by atoms with Crippen LogP contribution in [0.2, 0.25) is 0 Å². The van der Waals surface area contributed by atoms with Gasteiger partial charge in [-0.3, -0.25) is 19.8 Å². The number of carbonyl (C=O) groups excluding carboxylic acids is 1. The standard InChI is InChI=1S/C29H22N2O5S2/c1-2-35-26-16-19(14-15-25(26)36-18-21-9-4-6-12-23(21)31(33)34)17-27-28(32)30(29(37)38-27)24-13-7-10-20-8-3-5-11-22(20)24/h3-17H,2,18H2,1H3/b27-17-. The lowest BCUT2D eigenvalue weighted by atomic mass is 10.1. The van der Waals surface area contributed by atoms with Crippen molar-refractivity contribution in [2.75, 3.05) is 11.5 Å². The smallest absolute Gasteiger partial charge is 0.276 e. The second-order valence-electron chi connectivity index (χ2n) is 8.33. The molecule has 9 heteroatoms. The molecule has 0 atom stereocenters. The fourth-order valence-electron chi connectivity index (χ4n) is 4.20. The van der Waals surface area contributed by atoms with Gasteiger partial charge >= 0.3 is 0 Å². The molecule has 0 unspecified atom stereocenters. The largest absolute Gasteiger partial charge is 0.490 e. The molecule has 1 fully saturated rings. The second kappa shape index (κ2) is 11.0. The number of fused-ring (bicyclic) bond motifs is 1. The number of amides is 1. The third-order valence-corrected chi connectivity index (χ3v) is 7.24. The maximum atomic E-state index is 13.4. The van der Waals surface area contributed by atoms with Gasteiger partial charge in [0.1, 0.15) is 6.61 Å². The van der Waals surface area contributed by atoms with Crippen LogP contribution in [-0.4, -0.2) is 21.8 Å². The van der Waals surface area contributed by atoms with E-state index in [1.54, 1.807) is 41.3 Å². The molecule has 0 spiro atoms. The van der Waals surface area contributed by atoms with E-state index >= 15 is 0 Å². The minimum absolute atomic E-state index is 0.00435. The molecule has 0 N–H and O–H groups in total. The van der Waals surface area contributed by atoms with Crippen LogP contribution in [0.15, 0.2) is 89.8 Å². The van der Waals surface area contributed by atoms with E-state index < -0.39 is 4.92 Å². The first-order valence-electron chi connectivity index (χ1n) is 11.8. The molecule has 0 aromatic heterocycles. The molecule has 0 aliphatic carbocycles. The van der Waals surface area contributed by atoms with Crippen molar-refractivity contribution < 1.29 is 19.2 Å². The Bertz CT molecular complexity index is 1600. The summed E-state index contributed by atoms with van der Waals surface area (Å²) >= 11 is 6.84. The molecule has 4 aromatic carbocycles. The molecule has 7 nitrogen and oxygen atoms in total. The highest BCUT2D eigenvalue weighted by Crippen LogP contribution is 2.39. The zero-order chi connectivity index (χ0) is 26.6. The lowest BCUT2D eigenvalue weighted by Gasteiger charge is -2.17. The van der Waals surface area contributed by atoms with Crippen molar-refractivity contribution in [2.45, 2.75) is 13.5 Å². The summed E-state index contributed by atoms with van der Waals surface area (Å²) in [6.45, 7) is 2.27. The number of ether oxygens (including phenoxy) is 2. The quantitative estimate of drug-likeness (QED) is 0.101. The lowest BCUT2D eigenvalue weighted by molar-refractivity contribution is -0.385. The highest BCUT2D eigenvalue weighted by Gasteiger charge is 2.34. The monoisotopic (exact) mass is 542 g/mol. The maximum absolute atomic E-state index is 13.4. The van der Waals surface area contributed by atoms with Gasteiger partial charge in [-0.1, -0.05) is 78.6 Å². The number of carbonyl (C=O) groups is 1. The Labute approximate surface area is 228 Å². The van der Waals surface area contributed by atoms with Crippen LogP contribution in [0.4, 0.5) is 11.4 Å². The van der Waals surface area contributed by atoms with Gasteiger partial charge in [0.25, 0.3) is 11.6 Å². The number of hydrogen-bond donors (Lipinski definition) is 0. The minimum atomic E-state index is -0.431. The van der Waals surface area contributed by atoms with Crippen LogP contribution >= 0.6 is 24.0 Å². The number of para-hydroxylation sites is 1. The molecule has 1 aliphatic heterocycles. The molecule has 190 valence electrons. The summed E-state index contributed by atoms with van der Waals surface area (Å²) in [6.07, 6.45) is 1.78. The van der Waals surface area contributed by atoms with Crippen molar-refractivity contribution in [3.63, 3.8) is 0 Å². The third kappa shape index (κ3) is 5.11. The number of rotatable bonds is 8. The van der Waals surface area contributed by atoms with E-state index in [0.29, 0.717) is 32.9 Å². The van der Waals surface area contributed by atoms with Gasteiger partial charge in [-0.25, -0.2) is 0 Å². The number of thioether (sulfide) groups is 1. The molecule has 1 heterocycles. The summed E-state index contributed by atoms with van der Waals surface area (Å²) in [7, 11) is 0. The normalized spacial score (nSPS) is 14.3. The third-order valence-electron chi connectivity index (χ3n) is 5.94. The molecule has 0 radical (unpaired) electrons. The van der Waals surface area contributed by atoms with Crippen LogP contribution in [0.3, 0.4) is 0 Å². The Morgan fingerprint density at radius 3 is 2.55 bits per heavy atom. The number of hydrogen-bond acceptors (Lipinski definition) is 7. The average Bonchev–Trinajstić information content (AvgIpc) is 3.20. The van der Waals surface area contributed by atoms with Gasteiger partial charge in [0.2, 0.25) is 0 Å². The van der Waals surface area contributed by atoms with Gasteiger partial charge in [-0.15, -0.1) is 0 Å². The van der Waals surface area contributed by atoms with Crippen molar-refractivity contribution in [2.24, 2.45) is 0 Å². The van der Waals surface area contributed by atoms with Crippen LogP contribution in [0.5, 0.6) is 11.5 Å². The zero-order valence-electron chi connectivity index (χ0n) is 20.3. The maximum Gasteiger partial charge on any atom is 0.276 e. The van der Waals surface area contributed by atoms with Gasteiger partial charge in [0, 0.05) is 11.5 Å². The summed E-state index contributed by atoms with van der Waals surface area (Å²) in [5.41, 5.74) is 1.95. The number of nitro groups is 1. The van der Waals surface area contributed by atoms with E-state index in [2.05, 4.69) is 0 Å². The molecule has 0 saturated carbocycles. The predicted molar refractivity (Wildman–Crippen MR) is 155 cm³/mol. The summed E-state index contributed by atoms with van der Waals surface area (Å²) < 4.78 is 12.1. The van der Waals surface area contributed by atoms with Crippen LogP contribution < -0.4 is 14.4 Å². The van der Waals surface area contributed by atoms with Crippen molar-refractivity contribution in [3.05, 3.63) is 111 Å². The van der Waals surface area contributed by atoms with Gasteiger partial charge in [0.05, 0.1) is 27.7 Å². The highest BCUT2D eigenvalue weighted by atomic mass is 32.2. The Morgan fingerprint density at radius 1 is 0.974 bits per heavy atom. The van der Waals surface area contributed by atoms with Crippen molar-refractivity contribution >= 4 is 62.4 Å². The van der Waals surface area contributed by atoms with Crippen LogP contribution in [0.25, 0.3) is 16.8 Å². The van der Waals surface area contributed by atoms with E-state index in [-0.39, 0.29) is 18.2 Å². The summed E-state index contributed by atoms with van der Waals surface area (Å²) in [6, 6.07) is 25.5. The summed E-state index contributed by atoms with van der Waals surface area (Å²) in [5.74, 6) is 0.737.